The predicted molar refractivity (Wildman–Crippen MR) is 167 cm³/mol. The van der Waals surface area contributed by atoms with Crippen molar-refractivity contribution in [1.29, 1.82) is 0 Å². The third-order valence-corrected chi connectivity index (χ3v) is 7.62. The smallest absolute Gasteiger partial charge is 0.247 e. The highest BCUT2D eigenvalue weighted by molar-refractivity contribution is 5.92. The van der Waals surface area contributed by atoms with Crippen molar-refractivity contribution < 1.29 is 32.2 Å². The van der Waals surface area contributed by atoms with Gasteiger partial charge in [0.25, 0.3) is 0 Å². The summed E-state index contributed by atoms with van der Waals surface area (Å²) < 4.78 is 51.4. The first-order chi connectivity index (χ1) is 22.4. The summed E-state index contributed by atoms with van der Waals surface area (Å²) in [6.07, 6.45) is 6.07. The van der Waals surface area contributed by atoms with E-state index in [0.717, 1.165) is 32.1 Å². The molecule has 0 spiro atoms. The van der Waals surface area contributed by atoms with Crippen LogP contribution in [0.3, 0.4) is 0 Å². The number of hydrogen-bond acceptors (Lipinski definition) is 9. The minimum absolute atomic E-state index is 0.0386. The van der Waals surface area contributed by atoms with E-state index in [2.05, 4.69) is 25.4 Å². The first-order valence-corrected chi connectivity index (χ1v) is 15.1. The lowest BCUT2D eigenvalue weighted by Gasteiger charge is -2.26. The van der Waals surface area contributed by atoms with Crippen LogP contribution in [-0.4, -0.2) is 59.3 Å². The number of amides is 1. The summed E-state index contributed by atoms with van der Waals surface area (Å²) in [6, 6.07) is 14.8. The van der Waals surface area contributed by atoms with Crippen LogP contribution >= 0.6 is 0 Å². The monoisotopic (exact) mass is 629 g/mol. The molecule has 5 aromatic rings. The maximum Gasteiger partial charge on any atom is 0.247 e. The van der Waals surface area contributed by atoms with Gasteiger partial charge >= 0.3 is 0 Å². The molecule has 0 radical (unpaired) electrons. The number of ether oxygens (including phenoxy) is 3. The average Bonchev–Trinajstić information content (AvgIpc) is 3.53. The van der Waals surface area contributed by atoms with Crippen LogP contribution in [0, 0.1) is 11.6 Å². The fraction of sp³-hybridized carbons (Fsp3) is 0.294. The molecule has 0 atom stereocenters. The highest BCUT2D eigenvalue weighted by atomic mass is 19.1. The summed E-state index contributed by atoms with van der Waals surface area (Å²) in [6.45, 7) is 3.84. The lowest BCUT2D eigenvalue weighted by molar-refractivity contribution is -0.115. The Hall–Kier alpha value is -5.10. The maximum atomic E-state index is 15.1. The van der Waals surface area contributed by atoms with Crippen LogP contribution < -0.4 is 19.5 Å². The number of carbonyl (C=O) groups is 1. The first kappa shape index (κ1) is 30.9. The second kappa shape index (κ2) is 14.3. The van der Waals surface area contributed by atoms with Gasteiger partial charge in [0.15, 0.2) is 23.1 Å². The van der Waals surface area contributed by atoms with Crippen molar-refractivity contribution in [2.24, 2.45) is 0 Å². The van der Waals surface area contributed by atoms with E-state index in [1.807, 2.05) is 0 Å². The summed E-state index contributed by atoms with van der Waals surface area (Å²) in [5, 5.41) is 11.0. The van der Waals surface area contributed by atoms with Crippen molar-refractivity contribution >= 4 is 22.5 Å². The highest BCUT2D eigenvalue weighted by Gasteiger charge is 2.17. The van der Waals surface area contributed by atoms with E-state index in [0.29, 0.717) is 40.3 Å². The largest absolute Gasteiger partial charge is 0.493 e. The van der Waals surface area contributed by atoms with Gasteiger partial charge in [-0.1, -0.05) is 6.42 Å². The number of anilines is 1. The number of hydrogen-bond donors (Lipinski definition) is 1. The van der Waals surface area contributed by atoms with Crippen LogP contribution in [0.15, 0.2) is 71.3 Å². The number of pyridine rings is 1. The van der Waals surface area contributed by atoms with Crippen molar-refractivity contribution in [3.8, 4) is 34.5 Å². The SMILES string of the molecule is COc1cc2c(Oc3ccc(NC(=O)Cc4nnc(-c5ccc(F)cc5)o4)cc3F)ccnc2cc1OCCCN1CCCCC1. The van der Waals surface area contributed by atoms with E-state index in [4.69, 9.17) is 18.6 Å². The number of nitrogens with zero attached hydrogens (tertiary/aromatic N) is 4. The number of likely N-dealkylation sites (tertiary alicyclic amines) is 1. The molecule has 3 heterocycles. The minimum atomic E-state index is -0.681. The summed E-state index contributed by atoms with van der Waals surface area (Å²) in [5.74, 6) is 0.0942. The zero-order valence-electron chi connectivity index (χ0n) is 25.3. The summed E-state index contributed by atoms with van der Waals surface area (Å²) >= 11 is 0. The van der Waals surface area contributed by atoms with E-state index in [1.54, 1.807) is 31.5 Å². The number of benzene rings is 3. The predicted octanol–water partition coefficient (Wildman–Crippen LogP) is 6.80. The van der Waals surface area contributed by atoms with Gasteiger partial charge in [-0.3, -0.25) is 9.78 Å². The van der Waals surface area contributed by atoms with Crippen LogP contribution in [0.4, 0.5) is 14.5 Å². The normalized spacial score (nSPS) is 13.5. The Balaban J connectivity index is 1.08. The quantitative estimate of drug-likeness (QED) is 0.149. The lowest BCUT2D eigenvalue weighted by atomic mass is 10.1. The van der Waals surface area contributed by atoms with Crippen molar-refractivity contribution in [3.05, 3.63) is 84.4 Å². The standard InChI is InChI=1S/C34H33F2N5O5/c1-43-30-19-25-27(20-31(30)44-17-5-16-41-14-3-2-4-15-41)37-13-12-28(25)45-29-11-10-24(18-26(29)36)38-32(42)21-33-39-40-34(46-33)22-6-8-23(35)9-7-22/h6-13,18-20H,2-5,14-17,21H2,1H3,(H,38,42). The zero-order chi connectivity index (χ0) is 31.9. The molecule has 1 aliphatic rings. The number of fused-ring (bicyclic) bond motifs is 1. The molecule has 12 heteroatoms. The number of aromatic nitrogens is 3. The molecule has 10 nitrogen and oxygen atoms in total. The molecule has 3 aromatic carbocycles. The first-order valence-electron chi connectivity index (χ1n) is 15.1. The lowest BCUT2D eigenvalue weighted by Crippen LogP contribution is -2.31. The van der Waals surface area contributed by atoms with E-state index < -0.39 is 17.5 Å². The van der Waals surface area contributed by atoms with Crippen LogP contribution in [0.2, 0.25) is 0 Å². The van der Waals surface area contributed by atoms with Crippen molar-refractivity contribution in [2.45, 2.75) is 32.1 Å². The summed E-state index contributed by atoms with van der Waals surface area (Å²) in [5.41, 5.74) is 1.35. The Morgan fingerprint density at radius 3 is 2.54 bits per heavy atom. The van der Waals surface area contributed by atoms with Crippen LogP contribution in [0.1, 0.15) is 31.6 Å². The molecule has 1 saturated heterocycles. The third-order valence-electron chi connectivity index (χ3n) is 7.62. The zero-order valence-corrected chi connectivity index (χ0v) is 25.3. The number of carbonyl (C=O) groups excluding carboxylic acids is 1. The average molecular weight is 630 g/mol. The molecular formula is C34H33F2N5O5. The summed E-state index contributed by atoms with van der Waals surface area (Å²) in [4.78, 5) is 19.5. The highest BCUT2D eigenvalue weighted by Crippen LogP contribution is 2.38. The van der Waals surface area contributed by atoms with Gasteiger partial charge in [-0.15, -0.1) is 10.2 Å². The van der Waals surface area contributed by atoms with Crippen LogP contribution in [0.5, 0.6) is 23.0 Å². The maximum absolute atomic E-state index is 15.1. The number of piperidine rings is 1. The van der Waals surface area contributed by atoms with Gasteiger partial charge in [-0.05, 0) is 80.9 Å². The molecule has 238 valence electrons. The number of nitrogens with one attached hydrogen (secondary N) is 1. The van der Waals surface area contributed by atoms with Crippen LogP contribution in [-0.2, 0) is 11.2 Å². The molecule has 0 bridgehead atoms. The van der Waals surface area contributed by atoms with Crippen molar-refractivity contribution in [3.63, 3.8) is 0 Å². The Labute approximate surface area is 264 Å². The molecule has 6 rings (SSSR count). The molecule has 0 saturated carbocycles. The Kier molecular flexibility index (Phi) is 9.63. The van der Waals surface area contributed by atoms with Crippen molar-refractivity contribution in [2.75, 3.05) is 38.7 Å². The van der Waals surface area contributed by atoms with Gasteiger partial charge in [0.05, 0.1) is 19.2 Å². The van der Waals surface area contributed by atoms with Gasteiger partial charge in [0.1, 0.15) is 18.0 Å². The topological polar surface area (TPSA) is 112 Å². The second-order valence-electron chi connectivity index (χ2n) is 10.9. The molecule has 46 heavy (non-hydrogen) atoms. The second-order valence-corrected chi connectivity index (χ2v) is 10.9. The molecular weight excluding hydrogens is 596 g/mol. The fourth-order valence-corrected chi connectivity index (χ4v) is 5.30. The molecule has 0 unspecified atom stereocenters. The number of methoxy groups -OCH3 is 1. The fourth-order valence-electron chi connectivity index (χ4n) is 5.30. The number of rotatable bonds is 12. The van der Waals surface area contributed by atoms with E-state index >= 15 is 4.39 Å². The Morgan fingerprint density at radius 1 is 0.935 bits per heavy atom. The van der Waals surface area contributed by atoms with Crippen molar-refractivity contribution in [1.82, 2.24) is 20.1 Å². The molecule has 1 aliphatic heterocycles. The minimum Gasteiger partial charge on any atom is -0.493 e. The van der Waals surface area contributed by atoms with E-state index in [1.165, 1.54) is 55.7 Å². The summed E-state index contributed by atoms with van der Waals surface area (Å²) in [7, 11) is 1.56. The Bertz CT molecular complexity index is 1810. The third kappa shape index (κ3) is 7.57. The van der Waals surface area contributed by atoms with Gasteiger partial charge in [-0.2, -0.15) is 0 Å². The molecule has 0 aliphatic carbocycles. The Morgan fingerprint density at radius 2 is 1.76 bits per heavy atom. The molecule has 1 amide bonds. The molecule has 2 aromatic heterocycles. The molecule has 1 fully saturated rings. The van der Waals surface area contributed by atoms with Gasteiger partial charge < -0.3 is 28.8 Å². The van der Waals surface area contributed by atoms with Gasteiger partial charge in [0, 0.05) is 41.5 Å². The van der Waals surface area contributed by atoms with Gasteiger partial charge in [0.2, 0.25) is 17.7 Å². The van der Waals surface area contributed by atoms with E-state index in [9.17, 15) is 9.18 Å². The van der Waals surface area contributed by atoms with Gasteiger partial charge in [-0.25, -0.2) is 8.78 Å². The van der Waals surface area contributed by atoms with E-state index in [-0.39, 0.29) is 29.6 Å². The number of halogens is 2. The van der Waals surface area contributed by atoms with Crippen LogP contribution in [0.25, 0.3) is 22.4 Å². The molecule has 1 N–H and O–H groups in total.